The van der Waals surface area contributed by atoms with Crippen molar-refractivity contribution in [2.45, 2.75) is 6.92 Å². The highest BCUT2D eigenvalue weighted by Crippen LogP contribution is 2.26. The molecule has 1 N–H and O–H groups in total. The molecule has 0 bridgehead atoms. The smallest absolute Gasteiger partial charge is 0.253 e. The van der Waals surface area contributed by atoms with Crippen LogP contribution in [0.2, 0.25) is 0 Å². The standard InChI is InChI=1S/C16H17NO2/c1-11-4-5-14(10-15(11)18)12-6-8-13(9-7-12)16(19)17(2)3/h4-10,18H,1-3H3. The van der Waals surface area contributed by atoms with E-state index in [2.05, 4.69) is 0 Å². The molecule has 0 saturated carbocycles. The summed E-state index contributed by atoms with van der Waals surface area (Å²) in [7, 11) is 3.46. The maximum Gasteiger partial charge on any atom is 0.253 e. The van der Waals surface area contributed by atoms with Crippen LogP contribution in [0.25, 0.3) is 11.1 Å². The summed E-state index contributed by atoms with van der Waals surface area (Å²) < 4.78 is 0. The number of nitrogens with zero attached hydrogens (tertiary/aromatic N) is 1. The van der Waals surface area contributed by atoms with Gasteiger partial charge in [-0.1, -0.05) is 24.3 Å². The zero-order valence-electron chi connectivity index (χ0n) is 11.3. The second kappa shape index (κ2) is 5.14. The van der Waals surface area contributed by atoms with Crippen molar-refractivity contribution in [2.75, 3.05) is 14.1 Å². The molecule has 19 heavy (non-hydrogen) atoms. The van der Waals surface area contributed by atoms with E-state index in [1.54, 1.807) is 37.2 Å². The first-order valence-electron chi connectivity index (χ1n) is 6.11. The molecule has 2 rings (SSSR count). The number of aryl methyl sites for hydroxylation is 1. The summed E-state index contributed by atoms with van der Waals surface area (Å²) in [5.41, 5.74) is 3.42. The molecule has 0 aromatic heterocycles. The van der Waals surface area contributed by atoms with E-state index in [1.807, 2.05) is 31.2 Å². The fourth-order valence-electron chi connectivity index (χ4n) is 1.85. The van der Waals surface area contributed by atoms with Gasteiger partial charge in [0.15, 0.2) is 0 Å². The largest absolute Gasteiger partial charge is 0.508 e. The quantitative estimate of drug-likeness (QED) is 0.896. The van der Waals surface area contributed by atoms with Crippen LogP contribution in [0.4, 0.5) is 0 Å². The lowest BCUT2D eigenvalue weighted by Gasteiger charge is -2.11. The van der Waals surface area contributed by atoms with Crippen LogP contribution in [0.15, 0.2) is 42.5 Å². The van der Waals surface area contributed by atoms with Gasteiger partial charge in [0.05, 0.1) is 0 Å². The van der Waals surface area contributed by atoms with Gasteiger partial charge in [0.2, 0.25) is 0 Å². The van der Waals surface area contributed by atoms with Crippen molar-refractivity contribution in [3.63, 3.8) is 0 Å². The second-order valence-corrected chi connectivity index (χ2v) is 4.78. The normalized spacial score (nSPS) is 10.3. The first-order valence-corrected chi connectivity index (χ1v) is 6.11. The van der Waals surface area contributed by atoms with Crippen molar-refractivity contribution in [1.82, 2.24) is 4.90 Å². The van der Waals surface area contributed by atoms with Crippen molar-refractivity contribution < 1.29 is 9.90 Å². The van der Waals surface area contributed by atoms with Gasteiger partial charge >= 0.3 is 0 Å². The van der Waals surface area contributed by atoms with Crippen molar-refractivity contribution in [3.8, 4) is 16.9 Å². The Balaban J connectivity index is 2.32. The van der Waals surface area contributed by atoms with Crippen LogP contribution in [0, 0.1) is 6.92 Å². The number of carbonyl (C=O) groups excluding carboxylic acids is 1. The van der Waals surface area contributed by atoms with Gasteiger partial charge < -0.3 is 10.0 Å². The fourth-order valence-corrected chi connectivity index (χ4v) is 1.85. The van der Waals surface area contributed by atoms with Gasteiger partial charge in [-0.3, -0.25) is 4.79 Å². The van der Waals surface area contributed by atoms with Crippen molar-refractivity contribution in [1.29, 1.82) is 0 Å². The zero-order chi connectivity index (χ0) is 14.0. The number of benzene rings is 2. The summed E-state index contributed by atoms with van der Waals surface area (Å²) in [6.07, 6.45) is 0. The average molecular weight is 255 g/mol. The molecule has 0 unspecified atom stereocenters. The second-order valence-electron chi connectivity index (χ2n) is 4.78. The van der Waals surface area contributed by atoms with E-state index in [1.165, 1.54) is 0 Å². The SMILES string of the molecule is Cc1ccc(-c2ccc(C(=O)N(C)C)cc2)cc1O. The molecular weight excluding hydrogens is 238 g/mol. The van der Waals surface area contributed by atoms with Gasteiger partial charge in [-0.25, -0.2) is 0 Å². The molecule has 0 aliphatic rings. The summed E-state index contributed by atoms with van der Waals surface area (Å²) in [5.74, 6) is 0.268. The van der Waals surface area contributed by atoms with Gasteiger partial charge in [-0.05, 0) is 41.8 Å². The predicted molar refractivity (Wildman–Crippen MR) is 76.3 cm³/mol. The lowest BCUT2D eigenvalue weighted by atomic mass is 10.0. The number of rotatable bonds is 2. The molecule has 0 radical (unpaired) electrons. The van der Waals surface area contributed by atoms with E-state index >= 15 is 0 Å². The molecule has 1 amide bonds. The lowest BCUT2D eigenvalue weighted by molar-refractivity contribution is 0.0827. The summed E-state index contributed by atoms with van der Waals surface area (Å²) in [5, 5.41) is 9.72. The molecule has 0 aliphatic heterocycles. The van der Waals surface area contributed by atoms with E-state index in [9.17, 15) is 9.90 Å². The molecule has 0 atom stereocenters. The van der Waals surface area contributed by atoms with Crippen LogP contribution < -0.4 is 0 Å². The molecule has 2 aromatic rings. The number of carbonyl (C=O) groups is 1. The lowest BCUT2D eigenvalue weighted by Crippen LogP contribution is -2.21. The third-order valence-corrected chi connectivity index (χ3v) is 3.08. The molecule has 0 fully saturated rings. The Kier molecular flexibility index (Phi) is 3.56. The molecule has 0 aliphatic carbocycles. The van der Waals surface area contributed by atoms with Gasteiger partial charge in [-0.2, -0.15) is 0 Å². The Labute approximate surface area is 113 Å². The molecule has 3 nitrogen and oxygen atoms in total. The first-order chi connectivity index (χ1) is 8.99. The van der Waals surface area contributed by atoms with Crippen molar-refractivity contribution >= 4 is 5.91 Å². The van der Waals surface area contributed by atoms with Crippen molar-refractivity contribution in [3.05, 3.63) is 53.6 Å². The van der Waals surface area contributed by atoms with Crippen LogP contribution in [0.1, 0.15) is 15.9 Å². The van der Waals surface area contributed by atoms with Gasteiger partial charge in [-0.15, -0.1) is 0 Å². The summed E-state index contributed by atoms with van der Waals surface area (Å²) in [6, 6.07) is 12.9. The molecule has 2 aromatic carbocycles. The topological polar surface area (TPSA) is 40.5 Å². The average Bonchev–Trinajstić information content (AvgIpc) is 2.41. The number of hydrogen-bond acceptors (Lipinski definition) is 2. The molecular formula is C16H17NO2. The first kappa shape index (κ1) is 13.1. The van der Waals surface area contributed by atoms with E-state index in [4.69, 9.17) is 0 Å². The third kappa shape index (κ3) is 2.76. The van der Waals surface area contributed by atoms with E-state index < -0.39 is 0 Å². The molecule has 98 valence electrons. The Morgan fingerprint density at radius 2 is 1.58 bits per heavy atom. The molecule has 0 heterocycles. The van der Waals surface area contributed by atoms with E-state index in [0.717, 1.165) is 16.7 Å². The maximum atomic E-state index is 11.8. The summed E-state index contributed by atoms with van der Waals surface area (Å²) in [6.45, 7) is 1.86. The van der Waals surface area contributed by atoms with Gasteiger partial charge in [0.25, 0.3) is 5.91 Å². The predicted octanol–water partition coefficient (Wildman–Crippen LogP) is 3.07. The molecule has 3 heteroatoms. The number of phenolic OH excluding ortho intramolecular Hbond substituents is 1. The van der Waals surface area contributed by atoms with Crippen LogP contribution >= 0.6 is 0 Å². The van der Waals surface area contributed by atoms with Gasteiger partial charge in [0, 0.05) is 19.7 Å². The molecule has 0 spiro atoms. The Hall–Kier alpha value is -2.29. The van der Waals surface area contributed by atoms with Crippen LogP contribution in [-0.2, 0) is 0 Å². The highest BCUT2D eigenvalue weighted by molar-refractivity contribution is 5.94. The highest BCUT2D eigenvalue weighted by Gasteiger charge is 2.08. The number of amides is 1. The zero-order valence-corrected chi connectivity index (χ0v) is 11.3. The Morgan fingerprint density at radius 1 is 1.00 bits per heavy atom. The minimum atomic E-state index is -0.0155. The fraction of sp³-hybridized carbons (Fsp3) is 0.188. The van der Waals surface area contributed by atoms with E-state index in [-0.39, 0.29) is 11.7 Å². The van der Waals surface area contributed by atoms with Gasteiger partial charge in [0.1, 0.15) is 5.75 Å². The Bertz CT molecular complexity index is 601. The monoisotopic (exact) mass is 255 g/mol. The minimum Gasteiger partial charge on any atom is -0.508 e. The van der Waals surface area contributed by atoms with Crippen LogP contribution in [0.5, 0.6) is 5.75 Å². The summed E-state index contributed by atoms with van der Waals surface area (Å²) >= 11 is 0. The van der Waals surface area contributed by atoms with E-state index in [0.29, 0.717) is 5.56 Å². The Morgan fingerprint density at radius 3 is 2.11 bits per heavy atom. The third-order valence-electron chi connectivity index (χ3n) is 3.08. The van der Waals surface area contributed by atoms with Crippen molar-refractivity contribution in [2.24, 2.45) is 0 Å². The number of phenols is 1. The highest BCUT2D eigenvalue weighted by atomic mass is 16.3. The van der Waals surface area contributed by atoms with Crippen LogP contribution in [-0.4, -0.2) is 30.0 Å². The maximum absolute atomic E-state index is 11.8. The van der Waals surface area contributed by atoms with Crippen LogP contribution in [0.3, 0.4) is 0 Å². The minimum absolute atomic E-state index is 0.0155. The number of aromatic hydroxyl groups is 1. The molecule has 0 saturated heterocycles. The number of hydrogen-bond donors (Lipinski definition) is 1. The summed E-state index contributed by atoms with van der Waals surface area (Å²) in [4.78, 5) is 13.3.